The Bertz CT molecular complexity index is 2020. The van der Waals surface area contributed by atoms with Gasteiger partial charge in [0.25, 0.3) is 0 Å². The number of thioether (sulfide) groups is 1. The fraction of sp³-hybridized carbons (Fsp3) is 0.348. The summed E-state index contributed by atoms with van der Waals surface area (Å²) in [5.74, 6) is 1.69. The summed E-state index contributed by atoms with van der Waals surface area (Å²) in [5, 5.41) is 14.8. The maximum absolute atomic E-state index is 11.1. The molecule has 6 heteroatoms. The molecular weight excluding hydrogens is 655 g/mol. The molecule has 0 bridgehead atoms. The minimum atomic E-state index is 0.169. The van der Waals surface area contributed by atoms with E-state index in [2.05, 4.69) is 128 Å². The second kappa shape index (κ2) is 17.3. The molecule has 1 aliphatic heterocycles. The van der Waals surface area contributed by atoms with Crippen LogP contribution in [0.4, 0.5) is 0 Å². The quantitative estimate of drug-likeness (QED) is 0.144. The normalized spacial score (nSPS) is 16.9. The van der Waals surface area contributed by atoms with Gasteiger partial charge in [-0.25, -0.2) is 0 Å². The van der Waals surface area contributed by atoms with Crippen LogP contribution in [-0.4, -0.2) is 17.7 Å². The first-order valence-corrected chi connectivity index (χ1v) is 19.6. The Hall–Kier alpha value is -4.57. The number of rotatable bonds is 12. The first-order valence-electron chi connectivity index (χ1n) is 18.8. The summed E-state index contributed by atoms with van der Waals surface area (Å²) in [6.45, 7) is 25.1. The molecule has 1 aromatic heterocycles. The van der Waals surface area contributed by atoms with Crippen molar-refractivity contribution in [1.29, 1.82) is 5.26 Å². The molecule has 2 heterocycles. The number of fused-ring (bicyclic) bond motifs is 3. The Morgan fingerprint density at radius 3 is 2.29 bits per heavy atom. The summed E-state index contributed by atoms with van der Waals surface area (Å²) >= 11 is 1.59. The molecule has 0 fully saturated rings. The van der Waals surface area contributed by atoms with Gasteiger partial charge < -0.3 is 11.1 Å². The minimum Gasteiger partial charge on any atom is -0.405 e. The highest BCUT2D eigenvalue weighted by atomic mass is 32.2. The number of hydrogen-bond acceptors (Lipinski definition) is 4. The highest BCUT2D eigenvalue weighted by molar-refractivity contribution is 8.07. The van der Waals surface area contributed by atoms with Crippen molar-refractivity contribution in [3.63, 3.8) is 0 Å². The van der Waals surface area contributed by atoms with Crippen LogP contribution >= 0.6 is 11.8 Å². The Morgan fingerprint density at radius 1 is 1.04 bits per heavy atom. The van der Waals surface area contributed by atoms with E-state index in [-0.39, 0.29) is 17.9 Å². The van der Waals surface area contributed by atoms with Gasteiger partial charge in [0.1, 0.15) is 11.4 Å². The van der Waals surface area contributed by atoms with E-state index in [4.69, 9.17) is 18.9 Å². The van der Waals surface area contributed by atoms with E-state index in [1.807, 2.05) is 13.1 Å². The Kier molecular flexibility index (Phi) is 12.9. The maximum atomic E-state index is 11.1. The zero-order valence-electron chi connectivity index (χ0n) is 32.0. The van der Waals surface area contributed by atoms with Crippen LogP contribution in [0.3, 0.4) is 0 Å². The number of hydrogen-bond donors (Lipinski definition) is 2. The van der Waals surface area contributed by atoms with Crippen molar-refractivity contribution in [3.05, 3.63) is 131 Å². The van der Waals surface area contributed by atoms with Crippen molar-refractivity contribution in [2.45, 2.75) is 91.0 Å². The zero-order valence-corrected chi connectivity index (χ0v) is 32.8. The van der Waals surface area contributed by atoms with Crippen LogP contribution in [0.2, 0.25) is 0 Å². The summed E-state index contributed by atoms with van der Waals surface area (Å²) in [4.78, 5) is 1.85. The monoisotopic (exact) mass is 710 g/mol. The SMILES string of the molecule is C=C(CC)SC(=C)C1=C(C#N)CCC(CC/C=C\N)C(NC)CC(=C)[n+]2c1n(-c1c(C(C)C)cc(-c3ccccc3)cc1C(C)C)c1ccccc12. The van der Waals surface area contributed by atoms with E-state index >= 15 is 0 Å². The molecule has 0 aliphatic carbocycles. The third-order valence-corrected chi connectivity index (χ3v) is 11.5. The molecule has 3 aromatic carbocycles. The standard InChI is InChI=1S/C46H56N5S/c1-10-33(7)52-34(8)44-37(29-48)24-23-36(20-16-17-25-47)41(49-9)26-32(6)50-42-21-14-15-22-43(42)51(46(44)50)45-39(30(2)3)27-38(28-40(45)31(4)5)35-18-12-11-13-19-35/h11-15,17-19,21-22,25,27-28,30-31,36,41,49H,6-8,10,16,20,23-24,26,47H2,1-5,9H3/q+1/b25-17-,44-37?. The van der Waals surface area contributed by atoms with E-state index < -0.39 is 0 Å². The summed E-state index contributed by atoms with van der Waals surface area (Å²) in [7, 11) is 2.05. The maximum Gasteiger partial charge on any atom is 0.302 e. The van der Waals surface area contributed by atoms with Crippen molar-refractivity contribution in [2.24, 2.45) is 11.7 Å². The van der Waals surface area contributed by atoms with E-state index in [1.54, 1.807) is 18.0 Å². The highest BCUT2D eigenvalue weighted by Crippen LogP contribution is 2.44. The van der Waals surface area contributed by atoms with Crippen LogP contribution in [0.5, 0.6) is 0 Å². The molecule has 1 aliphatic rings. The van der Waals surface area contributed by atoms with Crippen molar-refractivity contribution in [2.75, 3.05) is 7.05 Å². The molecule has 2 unspecified atom stereocenters. The summed E-state index contributed by atoms with van der Waals surface area (Å²) in [5.41, 5.74) is 16.6. The molecule has 52 heavy (non-hydrogen) atoms. The fourth-order valence-electron chi connectivity index (χ4n) is 7.65. The summed E-state index contributed by atoms with van der Waals surface area (Å²) in [6, 6.07) is 26.9. The topological polar surface area (TPSA) is 70.7 Å². The molecule has 0 saturated carbocycles. The molecule has 0 amide bonds. The molecular formula is C46H56N5S+. The molecule has 4 aromatic rings. The number of nitrogens with one attached hydrogen (secondary N) is 1. The van der Waals surface area contributed by atoms with Crippen molar-refractivity contribution in [1.82, 2.24) is 9.88 Å². The lowest BCUT2D eigenvalue weighted by Crippen LogP contribution is -2.42. The van der Waals surface area contributed by atoms with Gasteiger partial charge in [0.05, 0.1) is 11.6 Å². The van der Waals surface area contributed by atoms with Crippen molar-refractivity contribution >= 4 is 34.1 Å². The molecule has 0 radical (unpaired) electrons. The Labute approximate surface area is 316 Å². The van der Waals surface area contributed by atoms with Crippen molar-refractivity contribution in [3.8, 4) is 22.9 Å². The van der Waals surface area contributed by atoms with E-state index in [1.165, 1.54) is 22.3 Å². The molecule has 5 nitrogen and oxygen atoms in total. The number of nitrogens with two attached hydrogens (primary N) is 1. The van der Waals surface area contributed by atoms with Gasteiger partial charge in [-0.3, -0.25) is 0 Å². The number of imidazole rings is 1. The lowest BCUT2D eigenvalue weighted by Gasteiger charge is -2.28. The van der Waals surface area contributed by atoms with Gasteiger partial charge in [0.2, 0.25) is 0 Å². The van der Waals surface area contributed by atoms with Gasteiger partial charge in [-0.05, 0) is 103 Å². The van der Waals surface area contributed by atoms with Crippen LogP contribution in [0.25, 0.3) is 39.1 Å². The second-order valence-electron chi connectivity index (χ2n) is 14.5. The number of aromatic nitrogens is 2. The summed E-state index contributed by atoms with van der Waals surface area (Å²) < 4.78 is 4.76. The predicted octanol–water partition coefficient (Wildman–Crippen LogP) is 11.4. The largest absolute Gasteiger partial charge is 0.405 e. The first-order chi connectivity index (χ1) is 25.1. The van der Waals surface area contributed by atoms with Gasteiger partial charge in [-0.2, -0.15) is 14.4 Å². The Morgan fingerprint density at radius 2 is 1.69 bits per heavy atom. The zero-order chi connectivity index (χ0) is 37.5. The van der Waals surface area contributed by atoms with Gasteiger partial charge >= 0.3 is 5.82 Å². The van der Waals surface area contributed by atoms with E-state index in [0.29, 0.717) is 12.3 Å². The minimum absolute atomic E-state index is 0.169. The number of para-hydroxylation sites is 2. The van der Waals surface area contributed by atoms with Gasteiger partial charge in [0.15, 0.2) is 11.0 Å². The number of allylic oxidation sites excluding steroid dienone is 4. The molecule has 5 rings (SSSR count). The molecule has 270 valence electrons. The lowest BCUT2D eigenvalue weighted by molar-refractivity contribution is -0.558. The summed E-state index contributed by atoms with van der Waals surface area (Å²) in [6.07, 6.45) is 8.56. The smallest absolute Gasteiger partial charge is 0.302 e. The van der Waals surface area contributed by atoms with Crippen LogP contribution < -0.4 is 15.6 Å². The third-order valence-electron chi connectivity index (χ3n) is 10.4. The van der Waals surface area contributed by atoms with Crippen molar-refractivity contribution < 1.29 is 4.57 Å². The number of nitriles is 1. The molecule has 2 atom stereocenters. The van der Waals surface area contributed by atoms with Gasteiger partial charge in [-0.1, -0.05) is 115 Å². The van der Waals surface area contributed by atoms with Gasteiger partial charge in [0, 0.05) is 34.1 Å². The van der Waals surface area contributed by atoms with Crippen LogP contribution in [0.1, 0.15) is 102 Å². The number of nitrogens with zero attached hydrogens (tertiary/aromatic N) is 3. The Balaban J connectivity index is 1.96. The molecule has 0 spiro atoms. The second-order valence-corrected chi connectivity index (χ2v) is 15.8. The first kappa shape index (κ1) is 38.7. The average molecular weight is 711 g/mol. The van der Waals surface area contributed by atoms with E-state index in [0.717, 1.165) is 81.3 Å². The van der Waals surface area contributed by atoms with Crippen LogP contribution in [0.15, 0.2) is 114 Å². The highest BCUT2D eigenvalue weighted by Gasteiger charge is 2.38. The molecule has 3 N–H and O–H groups in total. The number of benzene rings is 3. The molecule has 0 saturated heterocycles. The fourth-order valence-corrected chi connectivity index (χ4v) is 8.46. The van der Waals surface area contributed by atoms with E-state index in [9.17, 15) is 5.26 Å². The predicted molar refractivity (Wildman–Crippen MR) is 224 cm³/mol. The average Bonchev–Trinajstić information content (AvgIpc) is 3.48. The van der Waals surface area contributed by atoms with Crippen LogP contribution in [0, 0.1) is 17.2 Å². The van der Waals surface area contributed by atoms with Gasteiger partial charge in [-0.15, -0.1) is 0 Å². The van der Waals surface area contributed by atoms with Crippen LogP contribution in [-0.2, 0) is 0 Å². The lowest BCUT2D eigenvalue weighted by atomic mass is 9.84. The third kappa shape index (κ3) is 7.92.